The summed E-state index contributed by atoms with van der Waals surface area (Å²) in [6, 6.07) is 5.95. The Morgan fingerprint density at radius 1 is 1.53 bits per heavy atom. The molecule has 1 aromatic rings. The van der Waals surface area contributed by atoms with Gasteiger partial charge in [0.15, 0.2) is 0 Å². The van der Waals surface area contributed by atoms with Gasteiger partial charge in [-0.3, -0.25) is 4.79 Å². The van der Waals surface area contributed by atoms with E-state index >= 15 is 0 Å². The van der Waals surface area contributed by atoms with Gasteiger partial charge in [0.05, 0.1) is 0 Å². The normalized spacial score (nSPS) is 20.0. The molecule has 1 saturated heterocycles. The molecule has 0 radical (unpaired) electrons. The summed E-state index contributed by atoms with van der Waals surface area (Å²) < 4.78 is 1.04. The number of carbonyl (C=O) groups excluding carboxylic acids is 1. The molecule has 1 amide bonds. The Morgan fingerprint density at radius 3 is 3.00 bits per heavy atom. The molecule has 0 saturated carbocycles. The van der Waals surface area contributed by atoms with Gasteiger partial charge < -0.3 is 10.6 Å². The van der Waals surface area contributed by atoms with Crippen molar-refractivity contribution in [1.29, 1.82) is 0 Å². The predicted octanol–water partition coefficient (Wildman–Crippen LogP) is 2.24. The first-order chi connectivity index (χ1) is 8.16. The van der Waals surface area contributed by atoms with Crippen LogP contribution in [0, 0.1) is 6.92 Å². The van der Waals surface area contributed by atoms with E-state index in [1.54, 1.807) is 0 Å². The lowest BCUT2D eigenvalue weighted by atomic mass is 10.1. The Kier molecular flexibility index (Phi) is 4.18. The number of piperidine rings is 1. The topological polar surface area (TPSA) is 41.1 Å². The maximum Gasteiger partial charge on any atom is 0.251 e. The molecule has 2 N–H and O–H groups in total. The van der Waals surface area contributed by atoms with Crippen molar-refractivity contribution in [2.75, 3.05) is 13.1 Å². The second-order valence-corrected chi connectivity index (χ2v) is 5.34. The highest BCUT2D eigenvalue weighted by Gasteiger charge is 2.16. The van der Waals surface area contributed by atoms with Gasteiger partial charge in [0, 0.05) is 22.6 Å². The number of rotatable bonds is 2. The van der Waals surface area contributed by atoms with Crippen molar-refractivity contribution in [2.24, 2.45) is 0 Å². The number of aryl methyl sites for hydroxylation is 1. The smallest absolute Gasteiger partial charge is 0.251 e. The maximum absolute atomic E-state index is 12.0. The lowest BCUT2D eigenvalue weighted by Crippen LogP contribution is -2.45. The zero-order valence-corrected chi connectivity index (χ0v) is 11.5. The Bertz CT molecular complexity index is 414. The fraction of sp³-hybridized carbons (Fsp3) is 0.462. The number of nitrogens with one attached hydrogen (secondary N) is 2. The van der Waals surface area contributed by atoms with Crippen LogP contribution >= 0.6 is 15.9 Å². The van der Waals surface area contributed by atoms with Gasteiger partial charge in [-0.15, -0.1) is 0 Å². The molecule has 1 aliphatic rings. The average molecular weight is 297 g/mol. The van der Waals surface area contributed by atoms with E-state index in [1.165, 1.54) is 0 Å². The summed E-state index contributed by atoms with van der Waals surface area (Å²) in [5.41, 5.74) is 1.82. The molecule has 0 bridgehead atoms. The molecule has 92 valence electrons. The number of hydrogen-bond acceptors (Lipinski definition) is 2. The SMILES string of the molecule is Cc1cc(C(=O)NC2CCCNC2)ccc1Br. The second-order valence-electron chi connectivity index (χ2n) is 4.48. The fourth-order valence-electron chi connectivity index (χ4n) is 2.03. The van der Waals surface area contributed by atoms with Gasteiger partial charge in [0.25, 0.3) is 5.91 Å². The molecule has 1 aromatic carbocycles. The maximum atomic E-state index is 12.0. The second kappa shape index (κ2) is 5.65. The van der Waals surface area contributed by atoms with Crippen LogP contribution in [0.1, 0.15) is 28.8 Å². The van der Waals surface area contributed by atoms with E-state index in [0.717, 1.165) is 41.5 Å². The first-order valence-corrected chi connectivity index (χ1v) is 6.74. The Balaban J connectivity index is 2.01. The Hall–Kier alpha value is -0.870. The lowest BCUT2D eigenvalue weighted by molar-refractivity contribution is 0.0930. The lowest BCUT2D eigenvalue weighted by Gasteiger charge is -2.23. The molecule has 17 heavy (non-hydrogen) atoms. The summed E-state index contributed by atoms with van der Waals surface area (Å²) in [5.74, 6) is 0.0225. The minimum atomic E-state index is 0.0225. The molecule has 1 heterocycles. The van der Waals surface area contributed by atoms with Gasteiger partial charge in [-0.2, -0.15) is 0 Å². The van der Waals surface area contributed by atoms with E-state index in [0.29, 0.717) is 0 Å². The van der Waals surface area contributed by atoms with E-state index in [-0.39, 0.29) is 11.9 Å². The first kappa shape index (κ1) is 12.6. The van der Waals surface area contributed by atoms with Crippen LogP contribution in [0.25, 0.3) is 0 Å². The van der Waals surface area contributed by atoms with Crippen LogP contribution < -0.4 is 10.6 Å². The zero-order chi connectivity index (χ0) is 12.3. The van der Waals surface area contributed by atoms with Crippen molar-refractivity contribution < 1.29 is 4.79 Å². The molecule has 1 unspecified atom stereocenters. The van der Waals surface area contributed by atoms with Gasteiger partial charge in [-0.05, 0) is 50.1 Å². The number of benzene rings is 1. The third-order valence-corrected chi connectivity index (χ3v) is 3.94. The quantitative estimate of drug-likeness (QED) is 0.879. The van der Waals surface area contributed by atoms with E-state index in [4.69, 9.17) is 0 Å². The molecule has 1 aliphatic heterocycles. The van der Waals surface area contributed by atoms with Crippen LogP contribution in [-0.4, -0.2) is 25.0 Å². The third-order valence-electron chi connectivity index (χ3n) is 3.05. The van der Waals surface area contributed by atoms with E-state index in [2.05, 4.69) is 26.6 Å². The number of halogens is 1. The molecule has 3 nitrogen and oxygen atoms in total. The van der Waals surface area contributed by atoms with Crippen molar-refractivity contribution >= 4 is 21.8 Å². The van der Waals surface area contributed by atoms with Crippen LogP contribution in [-0.2, 0) is 0 Å². The Labute approximate surface area is 110 Å². The van der Waals surface area contributed by atoms with Gasteiger partial charge in [0.1, 0.15) is 0 Å². The molecule has 0 aromatic heterocycles. The summed E-state index contributed by atoms with van der Waals surface area (Å²) in [6.07, 6.45) is 2.19. The fourth-order valence-corrected chi connectivity index (χ4v) is 2.28. The molecule has 1 atom stereocenters. The average Bonchev–Trinajstić information content (AvgIpc) is 2.34. The van der Waals surface area contributed by atoms with Crippen molar-refractivity contribution in [1.82, 2.24) is 10.6 Å². The van der Waals surface area contributed by atoms with E-state index in [9.17, 15) is 4.79 Å². The third kappa shape index (κ3) is 3.30. The van der Waals surface area contributed by atoms with Crippen LogP contribution in [0.2, 0.25) is 0 Å². The van der Waals surface area contributed by atoms with Crippen molar-refractivity contribution in [2.45, 2.75) is 25.8 Å². The standard InChI is InChI=1S/C13H17BrN2O/c1-9-7-10(4-5-12(9)14)13(17)16-11-3-2-6-15-8-11/h4-5,7,11,15H,2-3,6,8H2,1H3,(H,16,17). The number of carbonyl (C=O) groups is 1. The zero-order valence-electron chi connectivity index (χ0n) is 9.92. The minimum Gasteiger partial charge on any atom is -0.348 e. The predicted molar refractivity (Wildman–Crippen MR) is 72.2 cm³/mol. The van der Waals surface area contributed by atoms with E-state index in [1.807, 2.05) is 25.1 Å². The number of hydrogen-bond donors (Lipinski definition) is 2. The van der Waals surface area contributed by atoms with Gasteiger partial charge in [0.2, 0.25) is 0 Å². The van der Waals surface area contributed by atoms with E-state index < -0.39 is 0 Å². The highest BCUT2D eigenvalue weighted by Crippen LogP contribution is 2.17. The van der Waals surface area contributed by atoms with Crippen molar-refractivity contribution in [3.05, 3.63) is 33.8 Å². The van der Waals surface area contributed by atoms with Crippen LogP contribution in [0.15, 0.2) is 22.7 Å². The minimum absolute atomic E-state index is 0.0225. The summed E-state index contributed by atoms with van der Waals surface area (Å²) in [6.45, 7) is 3.92. The van der Waals surface area contributed by atoms with Crippen molar-refractivity contribution in [3.63, 3.8) is 0 Å². The molecule has 0 spiro atoms. The van der Waals surface area contributed by atoms with Crippen molar-refractivity contribution in [3.8, 4) is 0 Å². The molecule has 2 rings (SSSR count). The summed E-state index contributed by atoms with van der Waals surface area (Å²) >= 11 is 3.44. The van der Waals surface area contributed by atoms with Gasteiger partial charge in [-0.25, -0.2) is 0 Å². The Morgan fingerprint density at radius 2 is 2.35 bits per heavy atom. The molecule has 0 aliphatic carbocycles. The largest absolute Gasteiger partial charge is 0.348 e. The highest BCUT2D eigenvalue weighted by molar-refractivity contribution is 9.10. The van der Waals surface area contributed by atoms with Gasteiger partial charge in [-0.1, -0.05) is 15.9 Å². The summed E-state index contributed by atoms with van der Waals surface area (Å²) in [5, 5.41) is 6.36. The molecular formula is C13H17BrN2O. The van der Waals surface area contributed by atoms with Crippen LogP contribution in [0.4, 0.5) is 0 Å². The molecule has 4 heteroatoms. The first-order valence-electron chi connectivity index (χ1n) is 5.94. The summed E-state index contributed by atoms with van der Waals surface area (Å²) in [7, 11) is 0. The van der Waals surface area contributed by atoms with Crippen LogP contribution in [0.5, 0.6) is 0 Å². The summed E-state index contributed by atoms with van der Waals surface area (Å²) in [4.78, 5) is 12.0. The number of amides is 1. The monoisotopic (exact) mass is 296 g/mol. The molecule has 1 fully saturated rings. The molecular weight excluding hydrogens is 280 g/mol. The van der Waals surface area contributed by atoms with Crippen LogP contribution in [0.3, 0.4) is 0 Å². The highest BCUT2D eigenvalue weighted by atomic mass is 79.9. The van der Waals surface area contributed by atoms with Gasteiger partial charge >= 0.3 is 0 Å².